The molecular formula is C19H16ClN5O3S2. The summed E-state index contributed by atoms with van der Waals surface area (Å²) in [7, 11) is -3.78. The van der Waals surface area contributed by atoms with Gasteiger partial charge >= 0.3 is 0 Å². The number of aromatic amines is 1. The number of pyridine rings is 2. The van der Waals surface area contributed by atoms with Crippen molar-refractivity contribution < 1.29 is 13.2 Å². The lowest BCUT2D eigenvalue weighted by atomic mass is 10.3. The number of amides is 1. The van der Waals surface area contributed by atoms with E-state index in [1.807, 2.05) is 12.1 Å². The summed E-state index contributed by atoms with van der Waals surface area (Å²) in [6.07, 6.45) is 3.46. The summed E-state index contributed by atoms with van der Waals surface area (Å²) >= 11 is 6.96. The Morgan fingerprint density at radius 2 is 2.03 bits per heavy atom. The Labute approximate surface area is 181 Å². The molecule has 1 aliphatic rings. The Kier molecular flexibility index (Phi) is 4.73. The molecule has 0 aliphatic carbocycles. The van der Waals surface area contributed by atoms with E-state index in [0.717, 1.165) is 27.9 Å². The van der Waals surface area contributed by atoms with Crippen molar-refractivity contribution in [3.05, 3.63) is 53.6 Å². The van der Waals surface area contributed by atoms with E-state index in [1.165, 1.54) is 4.31 Å². The quantitative estimate of drug-likeness (QED) is 0.471. The number of carbonyl (C=O) groups is 1. The van der Waals surface area contributed by atoms with Crippen LogP contribution in [0.4, 0.5) is 0 Å². The van der Waals surface area contributed by atoms with E-state index in [1.54, 1.807) is 35.5 Å². The molecule has 0 bridgehead atoms. The Bertz CT molecular complexity index is 1350. The fourth-order valence-electron chi connectivity index (χ4n) is 3.51. The molecule has 0 spiro atoms. The van der Waals surface area contributed by atoms with E-state index in [-0.39, 0.29) is 23.2 Å². The number of sulfonamides is 1. The van der Waals surface area contributed by atoms with Gasteiger partial charge in [-0.1, -0.05) is 11.6 Å². The van der Waals surface area contributed by atoms with Crippen LogP contribution < -0.4 is 0 Å². The Morgan fingerprint density at radius 1 is 1.17 bits per heavy atom. The zero-order valence-electron chi connectivity index (χ0n) is 15.6. The van der Waals surface area contributed by atoms with Gasteiger partial charge in [0.05, 0.1) is 13.1 Å². The van der Waals surface area contributed by atoms with Crippen LogP contribution in [0.1, 0.15) is 5.69 Å². The molecule has 0 atom stereocenters. The Morgan fingerprint density at radius 3 is 2.83 bits per heavy atom. The molecule has 4 aromatic heterocycles. The summed E-state index contributed by atoms with van der Waals surface area (Å²) in [5.41, 5.74) is 1.84. The minimum atomic E-state index is -3.78. The second-order valence-electron chi connectivity index (χ2n) is 7.01. The predicted molar refractivity (Wildman–Crippen MR) is 115 cm³/mol. The molecule has 1 amide bonds. The zero-order chi connectivity index (χ0) is 20.9. The third kappa shape index (κ3) is 3.45. The first-order valence-corrected chi connectivity index (χ1v) is 11.8. The van der Waals surface area contributed by atoms with Gasteiger partial charge in [0.1, 0.15) is 14.2 Å². The molecule has 0 radical (unpaired) electrons. The van der Waals surface area contributed by atoms with Crippen LogP contribution in [0.15, 0.2) is 46.9 Å². The smallest absolute Gasteiger partial charge is 0.253 e. The minimum absolute atomic E-state index is 0.164. The lowest BCUT2D eigenvalue weighted by Gasteiger charge is -2.33. The molecule has 5 heterocycles. The first kappa shape index (κ1) is 19.4. The molecule has 1 fully saturated rings. The van der Waals surface area contributed by atoms with Crippen LogP contribution in [0, 0.1) is 0 Å². The molecule has 4 aromatic rings. The van der Waals surface area contributed by atoms with Crippen LogP contribution in [0.3, 0.4) is 0 Å². The second-order valence-corrected chi connectivity index (χ2v) is 10.6. The van der Waals surface area contributed by atoms with Crippen molar-refractivity contribution in [1.29, 1.82) is 0 Å². The highest BCUT2D eigenvalue weighted by Gasteiger charge is 2.34. The monoisotopic (exact) mass is 461 g/mol. The lowest BCUT2D eigenvalue weighted by molar-refractivity contribution is -0.134. The summed E-state index contributed by atoms with van der Waals surface area (Å²) in [5, 5.41) is 1.99. The van der Waals surface area contributed by atoms with Gasteiger partial charge in [0, 0.05) is 47.5 Å². The number of nitrogens with zero attached hydrogens (tertiary/aromatic N) is 4. The number of nitrogens with one attached hydrogen (secondary N) is 1. The number of halogens is 1. The number of H-pyrrole nitrogens is 1. The fraction of sp³-hybridized carbons (Fsp3) is 0.211. The molecule has 5 rings (SSSR count). The SMILES string of the molecule is O=C1CN(S(=O)(=O)c2cc3ccc(Cl)nc3s2)CCN1Cc1cc2cnccc2[nH]1. The number of hydrogen-bond donors (Lipinski definition) is 1. The van der Waals surface area contributed by atoms with Crippen LogP contribution in [-0.4, -0.2) is 58.1 Å². The first-order valence-electron chi connectivity index (χ1n) is 9.16. The van der Waals surface area contributed by atoms with Gasteiger partial charge in [-0.25, -0.2) is 13.4 Å². The number of thiophene rings is 1. The van der Waals surface area contributed by atoms with Crippen molar-refractivity contribution in [3.8, 4) is 0 Å². The predicted octanol–water partition coefficient (Wildman–Crippen LogP) is 2.86. The van der Waals surface area contributed by atoms with Gasteiger partial charge in [0.25, 0.3) is 10.0 Å². The summed E-state index contributed by atoms with van der Waals surface area (Å²) in [5.74, 6) is -0.233. The molecule has 1 saturated heterocycles. The lowest BCUT2D eigenvalue weighted by Crippen LogP contribution is -2.51. The first-order chi connectivity index (χ1) is 14.4. The molecule has 154 valence electrons. The average molecular weight is 462 g/mol. The second kappa shape index (κ2) is 7.31. The molecule has 0 aromatic carbocycles. The van der Waals surface area contributed by atoms with Crippen molar-refractivity contribution in [1.82, 2.24) is 24.2 Å². The van der Waals surface area contributed by atoms with E-state index >= 15 is 0 Å². The van der Waals surface area contributed by atoms with E-state index in [9.17, 15) is 13.2 Å². The van der Waals surface area contributed by atoms with E-state index in [0.29, 0.717) is 28.5 Å². The van der Waals surface area contributed by atoms with Crippen molar-refractivity contribution in [2.45, 2.75) is 10.8 Å². The normalized spacial score (nSPS) is 16.0. The summed E-state index contributed by atoms with van der Waals surface area (Å²) in [4.78, 5) is 26.4. The van der Waals surface area contributed by atoms with Gasteiger partial charge in [-0.15, -0.1) is 11.3 Å². The molecule has 11 heteroatoms. The molecule has 8 nitrogen and oxygen atoms in total. The van der Waals surface area contributed by atoms with Crippen LogP contribution in [0.25, 0.3) is 21.1 Å². The highest BCUT2D eigenvalue weighted by molar-refractivity contribution is 7.91. The van der Waals surface area contributed by atoms with Crippen LogP contribution in [-0.2, 0) is 21.4 Å². The fourth-order valence-corrected chi connectivity index (χ4v) is 6.58. The largest absolute Gasteiger partial charge is 0.357 e. The zero-order valence-corrected chi connectivity index (χ0v) is 18.0. The maximum Gasteiger partial charge on any atom is 0.253 e. The molecule has 0 unspecified atom stereocenters. The maximum atomic E-state index is 13.1. The van der Waals surface area contributed by atoms with Crippen molar-refractivity contribution in [2.24, 2.45) is 0 Å². The number of hydrogen-bond acceptors (Lipinski definition) is 6. The maximum absolute atomic E-state index is 13.1. The highest BCUT2D eigenvalue weighted by atomic mass is 35.5. The molecular weight excluding hydrogens is 446 g/mol. The van der Waals surface area contributed by atoms with Gasteiger partial charge in [0.15, 0.2) is 0 Å². The van der Waals surface area contributed by atoms with Gasteiger partial charge in [0.2, 0.25) is 5.91 Å². The van der Waals surface area contributed by atoms with Crippen LogP contribution >= 0.6 is 22.9 Å². The Balaban J connectivity index is 1.33. The van der Waals surface area contributed by atoms with Crippen LogP contribution in [0.5, 0.6) is 0 Å². The highest BCUT2D eigenvalue weighted by Crippen LogP contribution is 2.31. The summed E-state index contributed by atoms with van der Waals surface area (Å²) in [6.45, 7) is 0.762. The number of carbonyl (C=O) groups excluding carboxylic acids is 1. The molecule has 30 heavy (non-hydrogen) atoms. The topological polar surface area (TPSA) is 99.3 Å². The van der Waals surface area contributed by atoms with Crippen LogP contribution in [0.2, 0.25) is 5.15 Å². The third-order valence-electron chi connectivity index (χ3n) is 5.04. The number of fused-ring (bicyclic) bond motifs is 2. The van der Waals surface area contributed by atoms with E-state index in [4.69, 9.17) is 11.6 Å². The summed E-state index contributed by atoms with van der Waals surface area (Å²) < 4.78 is 27.5. The number of rotatable bonds is 4. The number of piperazine rings is 1. The van der Waals surface area contributed by atoms with Gasteiger partial charge < -0.3 is 9.88 Å². The molecule has 0 saturated carbocycles. The van der Waals surface area contributed by atoms with Gasteiger partial charge in [-0.05, 0) is 30.3 Å². The molecule has 1 N–H and O–H groups in total. The third-order valence-corrected chi connectivity index (χ3v) is 8.59. The number of aromatic nitrogens is 3. The van der Waals surface area contributed by atoms with Crippen molar-refractivity contribution in [3.63, 3.8) is 0 Å². The van der Waals surface area contributed by atoms with E-state index in [2.05, 4.69) is 15.0 Å². The van der Waals surface area contributed by atoms with E-state index < -0.39 is 10.0 Å². The van der Waals surface area contributed by atoms with Crippen molar-refractivity contribution >= 4 is 60.0 Å². The van der Waals surface area contributed by atoms with Gasteiger partial charge in [-0.2, -0.15) is 4.31 Å². The molecule has 1 aliphatic heterocycles. The summed E-state index contributed by atoms with van der Waals surface area (Å²) in [6, 6.07) is 8.76. The minimum Gasteiger partial charge on any atom is -0.357 e. The average Bonchev–Trinajstić information content (AvgIpc) is 3.32. The standard InChI is InChI=1S/C19H16ClN5O3S2/c20-16-2-1-12-8-18(29-19(12)23-16)30(27,28)25-6-5-24(17(26)11-25)10-14-7-13-9-21-4-3-15(13)22-14/h1-4,7-9,22H,5-6,10-11H2. The van der Waals surface area contributed by atoms with Gasteiger partial charge in [-0.3, -0.25) is 9.78 Å². The Hall–Kier alpha value is -2.53. The van der Waals surface area contributed by atoms with Crippen molar-refractivity contribution in [2.75, 3.05) is 19.6 Å².